The first-order valence-electron chi connectivity index (χ1n) is 11.5. The lowest BCUT2D eigenvalue weighted by Crippen LogP contribution is -2.42. The van der Waals surface area contributed by atoms with Gasteiger partial charge >= 0.3 is 6.16 Å². The lowest BCUT2D eigenvalue weighted by atomic mass is 10.0. The van der Waals surface area contributed by atoms with E-state index in [1.165, 1.54) is 0 Å². The number of hydrogen-bond donors (Lipinski definition) is 3. The number of ether oxygens (including phenoxy) is 1. The number of benzene rings is 2. The average Bonchev–Trinajstić information content (AvgIpc) is 3.55. The molecule has 2 aromatic heterocycles. The molecule has 10 nitrogen and oxygen atoms in total. The summed E-state index contributed by atoms with van der Waals surface area (Å²) in [5.41, 5.74) is 3.72. The molecule has 36 heavy (non-hydrogen) atoms. The van der Waals surface area contributed by atoms with Gasteiger partial charge in [-0.2, -0.15) is 10.1 Å². The van der Waals surface area contributed by atoms with Crippen LogP contribution in [0.3, 0.4) is 0 Å². The number of carboxylic acid groups (broad SMARTS) is 1. The van der Waals surface area contributed by atoms with E-state index >= 15 is 0 Å². The highest BCUT2D eigenvalue weighted by Gasteiger charge is 2.25. The first-order chi connectivity index (χ1) is 17.4. The van der Waals surface area contributed by atoms with Gasteiger partial charge < -0.3 is 19.5 Å². The molecule has 1 aliphatic heterocycles. The third-order valence-electron chi connectivity index (χ3n) is 6.09. The molecular weight excluding hydrogens is 486 g/mol. The first kappa shape index (κ1) is 24.0. The Balaban J connectivity index is 1.23. The van der Waals surface area contributed by atoms with Gasteiger partial charge in [-0.1, -0.05) is 53.2 Å². The molecule has 0 bridgehead atoms. The number of piperidine rings is 1. The highest BCUT2D eigenvalue weighted by Crippen LogP contribution is 2.27. The second-order valence-electron chi connectivity index (χ2n) is 8.64. The fourth-order valence-electron chi connectivity index (χ4n) is 4.27. The van der Waals surface area contributed by atoms with Gasteiger partial charge in [0.1, 0.15) is 11.8 Å². The molecule has 1 saturated heterocycles. The quantitative estimate of drug-likeness (QED) is 0.304. The average molecular weight is 510 g/mol. The fraction of sp³-hybridized carbons (Fsp3) is 0.280. The molecule has 0 saturated carbocycles. The van der Waals surface area contributed by atoms with Gasteiger partial charge in [0, 0.05) is 29.2 Å². The Morgan fingerprint density at radius 2 is 1.94 bits per heavy atom. The van der Waals surface area contributed by atoms with Crippen LogP contribution in [0, 0.1) is 0 Å². The number of aliphatic hydroxyl groups excluding tert-OH is 1. The van der Waals surface area contributed by atoms with Crippen molar-refractivity contribution < 1.29 is 24.3 Å². The largest absolute Gasteiger partial charge is 0.506 e. The SMILES string of the molecule is O=C(O)O[C@H]1CCCN(CC(O)c2ccc(-c3noc(-c4cc(-c5ccc(Cl)cc5)n[nH]4)n3)cc2)C1. The molecular formula is C25H24ClN5O5. The standard InChI is InChI=1S/C25H24ClN5O5/c26-18-9-7-15(8-10-18)20-12-21(29-28-20)24-27-23(30-36-24)17-5-3-16(4-6-17)22(32)14-31-11-1-2-19(13-31)35-25(33)34/h3-10,12,19,22,32H,1-2,11,13-14H2,(H,28,29)(H,33,34)/t19-,22?/m0/s1. The molecule has 0 radical (unpaired) electrons. The highest BCUT2D eigenvalue weighted by atomic mass is 35.5. The van der Waals surface area contributed by atoms with E-state index in [2.05, 4.69) is 20.3 Å². The van der Waals surface area contributed by atoms with E-state index in [0.29, 0.717) is 41.9 Å². The van der Waals surface area contributed by atoms with Gasteiger partial charge in [-0.25, -0.2) is 4.79 Å². The van der Waals surface area contributed by atoms with Crippen LogP contribution >= 0.6 is 11.6 Å². The maximum Gasteiger partial charge on any atom is 0.506 e. The number of aromatic nitrogens is 4. The van der Waals surface area contributed by atoms with E-state index in [-0.39, 0.29) is 6.10 Å². The van der Waals surface area contributed by atoms with E-state index in [1.54, 1.807) is 12.1 Å². The van der Waals surface area contributed by atoms with Gasteiger partial charge in [-0.15, -0.1) is 0 Å². The Morgan fingerprint density at radius 3 is 2.69 bits per heavy atom. The summed E-state index contributed by atoms with van der Waals surface area (Å²) in [5.74, 6) is 0.725. The summed E-state index contributed by atoms with van der Waals surface area (Å²) in [6.45, 7) is 1.65. The summed E-state index contributed by atoms with van der Waals surface area (Å²) < 4.78 is 10.3. The Hall–Kier alpha value is -3.73. The maximum absolute atomic E-state index is 10.8. The van der Waals surface area contributed by atoms with Crippen LogP contribution < -0.4 is 0 Å². The van der Waals surface area contributed by atoms with Crippen LogP contribution in [0.1, 0.15) is 24.5 Å². The summed E-state index contributed by atoms with van der Waals surface area (Å²) in [4.78, 5) is 17.3. The molecule has 5 rings (SSSR count). The third-order valence-corrected chi connectivity index (χ3v) is 6.34. The summed E-state index contributed by atoms with van der Waals surface area (Å²) in [6, 6.07) is 16.5. The van der Waals surface area contributed by atoms with Crippen LogP contribution in [0.15, 0.2) is 59.1 Å². The Labute approximate surface area is 211 Å². The van der Waals surface area contributed by atoms with Gasteiger partial charge in [-0.05, 0) is 43.1 Å². The smallest absolute Gasteiger partial charge is 0.450 e. The highest BCUT2D eigenvalue weighted by molar-refractivity contribution is 6.30. The zero-order valence-electron chi connectivity index (χ0n) is 19.2. The number of H-pyrrole nitrogens is 1. The topological polar surface area (TPSA) is 138 Å². The molecule has 2 atom stereocenters. The van der Waals surface area contributed by atoms with E-state index < -0.39 is 12.3 Å². The van der Waals surface area contributed by atoms with Crippen LogP contribution in [-0.2, 0) is 4.74 Å². The summed E-state index contributed by atoms with van der Waals surface area (Å²) in [5, 5.41) is 31.5. The normalized spacial score (nSPS) is 17.1. The van der Waals surface area contributed by atoms with Crippen LogP contribution in [0.2, 0.25) is 5.02 Å². The van der Waals surface area contributed by atoms with Crippen LogP contribution in [0.5, 0.6) is 0 Å². The monoisotopic (exact) mass is 509 g/mol. The molecule has 3 N–H and O–H groups in total. The molecule has 0 spiro atoms. The molecule has 186 valence electrons. The van der Waals surface area contributed by atoms with Crippen LogP contribution in [0.25, 0.3) is 34.2 Å². The van der Waals surface area contributed by atoms with Crippen molar-refractivity contribution >= 4 is 17.8 Å². The van der Waals surface area contributed by atoms with Gasteiger partial charge in [0.15, 0.2) is 0 Å². The number of likely N-dealkylation sites (tertiary alicyclic amines) is 1. The molecule has 11 heteroatoms. The molecule has 2 aromatic carbocycles. The van der Waals surface area contributed by atoms with Gasteiger partial charge in [0.25, 0.3) is 5.89 Å². The van der Waals surface area contributed by atoms with Gasteiger partial charge in [-0.3, -0.25) is 10.00 Å². The maximum atomic E-state index is 10.8. The third kappa shape index (κ3) is 5.56. The van der Waals surface area contributed by atoms with E-state index in [9.17, 15) is 9.90 Å². The van der Waals surface area contributed by atoms with Crippen LogP contribution in [0.4, 0.5) is 4.79 Å². The Bertz CT molecular complexity index is 1320. The van der Waals surface area contributed by atoms with Crippen molar-refractivity contribution in [1.82, 2.24) is 25.2 Å². The number of aliphatic hydroxyl groups is 1. The predicted octanol–water partition coefficient (Wildman–Crippen LogP) is 4.64. The number of nitrogens with one attached hydrogen (secondary N) is 1. The molecule has 0 amide bonds. The Morgan fingerprint density at radius 1 is 1.19 bits per heavy atom. The second kappa shape index (κ2) is 10.5. The minimum absolute atomic E-state index is 0.310. The Kier molecular flexibility index (Phi) is 6.99. The zero-order valence-corrected chi connectivity index (χ0v) is 19.9. The molecule has 4 aromatic rings. The molecule has 1 fully saturated rings. The van der Waals surface area contributed by atoms with Crippen molar-refractivity contribution in [2.24, 2.45) is 0 Å². The number of carbonyl (C=O) groups is 1. The second-order valence-corrected chi connectivity index (χ2v) is 9.08. The van der Waals surface area contributed by atoms with Gasteiger partial charge in [0.05, 0.1) is 11.8 Å². The van der Waals surface area contributed by atoms with Gasteiger partial charge in [0.2, 0.25) is 5.82 Å². The lowest BCUT2D eigenvalue weighted by Gasteiger charge is -2.33. The van der Waals surface area contributed by atoms with Crippen molar-refractivity contribution in [1.29, 1.82) is 0 Å². The molecule has 3 heterocycles. The minimum atomic E-state index is -1.27. The molecule has 1 aliphatic rings. The summed E-state index contributed by atoms with van der Waals surface area (Å²) in [6.07, 6.45) is -0.838. The molecule has 0 aliphatic carbocycles. The van der Waals surface area contributed by atoms with Crippen molar-refractivity contribution in [3.8, 4) is 34.2 Å². The number of hydrogen-bond acceptors (Lipinski definition) is 8. The van der Waals surface area contributed by atoms with Crippen molar-refractivity contribution in [3.63, 3.8) is 0 Å². The number of β-amino-alcohol motifs (C(OH)–C–C–N with tert-alkyl or cyclic N) is 1. The zero-order chi connectivity index (χ0) is 25.1. The summed E-state index contributed by atoms with van der Waals surface area (Å²) in [7, 11) is 0. The van der Waals surface area contributed by atoms with E-state index in [0.717, 1.165) is 35.3 Å². The number of nitrogens with zero attached hydrogens (tertiary/aromatic N) is 4. The van der Waals surface area contributed by atoms with E-state index in [4.69, 9.17) is 26.0 Å². The van der Waals surface area contributed by atoms with E-state index in [1.807, 2.05) is 47.4 Å². The molecule has 1 unspecified atom stereocenters. The van der Waals surface area contributed by atoms with Crippen molar-refractivity contribution in [3.05, 3.63) is 65.2 Å². The number of rotatable bonds is 7. The van der Waals surface area contributed by atoms with Crippen molar-refractivity contribution in [2.45, 2.75) is 25.0 Å². The lowest BCUT2D eigenvalue weighted by molar-refractivity contribution is 0.00215. The number of halogens is 1. The predicted molar refractivity (Wildman–Crippen MR) is 131 cm³/mol. The van der Waals surface area contributed by atoms with Crippen molar-refractivity contribution in [2.75, 3.05) is 19.6 Å². The minimum Gasteiger partial charge on any atom is -0.450 e. The number of aromatic amines is 1. The first-order valence-corrected chi connectivity index (χ1v) is 11.9. The van der Waals surface area contributed by atoms with Crippen LogP contribution in [-0.4, -0.2) is 67.3 Å². The fourth-order valence-corrected chi connectivity index (χ4v) is 4.40. The summed E-state index contributed by atoms with van der Waals surface area (Å²) >= 11 is 5.95.